The quantitative estimate of drug-likeness (QED) is 0.642. The summed E-state index contributed by atoms with van der Waals surface area (Å²) < 4.78 is 5.58. The molecule has 1 nitrogen and oxygen atoms in total. The average molecular weight is 176 g/mol. The normalized spacial score (nSPS) is 9.77. The summed E-state index contributed by atoms with van der Waals surface area (Å²) >= 11 is 0. The average Bonchev–Trinajstić information content (AvgIpc) is 2.07. The van der Waals surface area contributed by atoms with Crippen LogP contribution in [-0.4, -0.2) is 6.61 Å². The smallest absolute Gasteiger partial charge is 0.122 e. The minimum Gasteiger partial charge on any atom is -0.489 e. The van der Waals surface area contributed by atoms with E-state index in [0.717, 1.165) is 11.3 Å². The van der Waals surface area contributed by atoms with E-state index in [2.05, 4.69) is 26.5 Å². The second kappa shape index (κ2) is 4.13. The summed E-state index contributed by atoms with van der Waals surface area (Å²) in [6.45, 7) is 10.5. The predicted octanol–water partition coefficient (Wildman–Crippen LogP) is 3.26. The SMILES string of the molecule is C=C(C)COc1cccc(C)c1C. The van der Waals surface area contributed by atoms with Crippen LogP contribution in [0.2, 0.25) is 0 Å². The molecular weight excluding hydrogens is 160 g/mol. The van der Waals surface area contributed by atoms with Crippen molar-refractivity contribution < 1.29 is 4.74 Å². The lowest BCUT2D eigenvalue weighted by atomic mass is 10.1. The van der Waals surface area contributed by atoms with Gasteiger partial charge in [-0.25, -0.2) is 0 Å². The van der Waals surface area contributed by atoms with Crippen LogP contribution in [0.3, 0.4) is 0 Å². The molecule has 0 amide bonds. The Morgan fingerprint density at radius 1 is 1.38 bits per heavy atom. The zero-order valence-electron chi connectivity index (χ0n) is 8.55. The van der Waals surface area contributed by atoms with Gasteiger partial charge < -0.3 is 4.74 Å². The van der Waals surface area contributed by atoms with E-state index in [4.69, 9.17) is 4.74 Å². The summed E-state index contributed by atoms with van der Waals surface area (Å²) in [5, 5.41) is 0. The highest BCUT2D eigenvalue weighted by Crippen LogP contribution is 2.20. The van der Waals surface area contributed by atoms with Gasteiger partial charge in [0.15, 0.2) is 0 Å². The molecule has 0 aliphatic heterocycles. The zero-order chi connectivity index (χ0) is 9.84. The van der Waals surface area contributed by atoms with Crippen LogP contribution in [0.25, 0.3) is 0 Å². The van der Waals surface area contributed by atoms with Gasteiger partial charge in [0.25, 0.3) is 0 Å². The lowest BCUT2D eigenvalue weighted by Gasteiger charge is -2.10. The van der Waals surface area contributed by atoms with E-state index in [1.807, 2.05) is 19.1 Å². The molecule has 13 heavy (non-hydrogen) atoms. The molecule has 70 valence electrons. The highest BCUT2D eigenvalue weighted by atomic mass is 16.5. The Morgan fingerprint density at radius 3 is 2.69 bits per heavy atom. The third kappa shape index (κ3) is 2.62. The van der Waals surface area contributed by atoms with Crippen LogP contribution in [0.5, 0.6) is 5.75 Å². The van der Waals surface area contributed by atoms with Crippen molar-refractivity contribution in [3.05, 3.63) is 41.5 Å². The van der Waals surface area contributed by atoms with Gasteiger partial charge in [-0.1, -0.05) is 18.7 Å². The Hall–Kier alpha value is -1.24. The fraction of sp³-hybridized carbons (Fsp3) is 0.333. The first kappa shape index (κ1) is 9.85. The maximum Gasteiger partial charge on any atom is 0.122 e. The Labute approximate surface area is 80.0 Å². The molecule has 1 aromatic carbocycles. The molecule has 0 N–H and O–H groups in total. The molecule has 0 spiro atoms. The molecule has 1 aromatic rings. The zero-order valence-corrected chi connectivity index (χ0v) is 8.55. The third-order valence-corrected chi connectivity index (χ3v) is 2.03. The number of aryl methyl sites for hydroxylation is 1. The molecule has 0 saturated heterocycles. The van der Waals surface area contributed by atoms with Crippen LogP contribution in [0.1, 0.15) is 18.1 Å². The van der Waals surface area contributed by atoms with Crippen LogP contribution >= 0.6 is 0 Å². The standard InChI is InChI=1S/C12H16O/c1-9(2)8-13-12-7-5-6-10(3)11(12)4/h5-7H,1,8H2,2-4H3. The lowest BCUT2D eigenvalue weighted by Crippen LogP contribution is -1.99. The van der Waals surface area contributed by atoms with Crippen molar-refractivity contribution in [1.29, 1.82) is 0 Å². The van der Waals surface area contributed by atoms with Crippen LogP contribution in [0, 0.1) is 13.8 Å². The Bertz CT molecular complexity index is 313. The molecule has 0 atom stereocenters. The predicted molar refractivity (Wildman–Crippen MR) is 56.2 cm³/mol. The summed E-state index contributed by atoms with van der Waals surface area (Å²) in [6.07, 6.45) is 0. The fourth-order valence-corrected chi connectivity index (χ4v) is 1.08. The van der Waals surface area contributed by atoms with Crippen LogP contribution in [0.4, 0.5) is 0 Å². The van der Waals surface area contributed by atoms with Crippen LogP contribution in [0.15, 0.2) is 30.4 Å². The van der Waals surface area contributed by atoms with Gasteiger partial charge in [0.2, 0.25) is 0 Å². The number of hydrogen-bond acceptors (Lipinski definition) is 1. The molecule has 0 aromatic heterocycles. The first-order valence-electron chi connectivity index (χ1n) is 4.44. The maximum absolute atomic E-state index is 5.58. The van der Waals surface area contributed by atoms with E-state index in [1.165, 1.54) is 11.1 Å². The van der Waals surface area contributed by atoms with Crippen LogP contribution in [-0.2, 0) is 0 Å². The van der Waals surface area contributed by atoms with Gasteiger partial charge in [-0.15, -0.1) is 0 Å². The molecule has 0 saturated carbocycles. The Balaban J connectivity index is 2.77. The van der Waals surface area contributed by atoms with Crippen molar-refractivity contribution >= 4 is 0 Å². The topological polar surface area (TPSA) is 9.23 Å². The van der Waals surface area contributed by atoms with Crippen molar-refractivity contribution in [2.45, 2.75) is 20.8 Å². The van der Waals surface area contributed by atoms with E-state index < -0.39 is 0 Å². The van der Waals surface area contributed by atoms with Gasteiger partial charge in [0.1, 0.15) is 12.4 Å². The van der Waals surface area contributed by atoms with E-state index in [-0.39, 0.29) is 0 Å². The van der Waals surface area contributed by atoms with Gasteiger partial charge in [-0.2, -0.15) is 0 Å². The summed E-state index contributed by atoms with van der Waals surface area (Å²) in [5.74, 6) is 0.961. The van der Waals surface area contributed by atoms with Gasteiger partial charge in [0, 0.05) is 0 Å². The third-order valence-electron chi connectivity index (χ3n) is 2.03. The first-order chi connectivity index (χ1) is 6.11. The van der Waals surface area contributed by atoms with E-state index in [0.29, 0.717) is 6.61 Å². The Morgan fingerprint density at radius 2 is 2.08 bits per heavy atom. The molecule has 1 heteroatoms. The van der Waals surface area contributed by atoms with E-state index in [1.54, 1.807) is 0 Å². The molecule has 0 fully saturated rings. The highest BCUT2D eigenvalue weighted by Gasteiger charge is 2.00. The lowest BCUT2D eigenvalue weighted by molar-refractivity contribution is 0.350. The highest BCUT2D eigenvalue weighted by molar-refractivity contribution is 5.38. The second-order valence-electron chi connectivity index (χ2n) is 3.44. The molecule has 0 radical (unpaired) electrons. The van der Waals surface area contributed by atoms with Crippen molar-refractivity contribution in [2.24, 2.45) is 0 Å². The summed E-state index contributed by atoms with van der Waals surface area (Å²) in [7, 11) is 0. The maximum atomic E-state index is 5.58. The molecule has 1 rings (SSSR count). The summed E-state index contributed by atoms with van der Waals surface area (Å²) in [5.41, 5.74) is 3.52. The summed E-state index contributed by atoms with van der Waals surface area (Å²) in [6, 6.07) is 6.09. The number of rotatable bonds is 3. The van der Waals surface area contributed by atoms with Gasteiger partial charge in [-0.3, -0.25) is 0 Å². The van der Waals surface area contributed by atoms with Crippen LogP contribution < -0.4 is 4.74 Å². The van der Waals surface area contributed by atoms with Crippen molar-refractivity contribution in [3.63, 3.8) is 0 Å². The number of hydrogen-bond donors (Lipinski definition) is 0. The van der Waals surface area contributed by atoms with E-state index in [9.17, 15) is 0 Å². The Kier molecular flexibility index (Phi) is 3.13. The van der Waals surface area contributed by atoms with E-state index >= 15 is 0 Å². The number of benzene rings is 1. The van der Waals surface area contributed by atoms with Crippen molar-refractivity contribution in [3.8, 4) is 5.75 Å². The molecule has 0 aliphatic carbocycles. The van der Waals surface area contributed by atoms with Gasteiger partial charge in [-0.05, 0) is 43.5 Å². The largest absolute Gasteiger partial charge is 0.489 e. The first-order valence-corrected chi connectivity index (χ1v) is 4.44. The molecule has 0 aliphatic rings. The molecular formula is C12H16O. The second-order valence-corrected chi connectivity index (χ2v) is 3.44. The van der Waals surface area contributed by atoms with Crippen molar-refractivity contribution in [1.82, 2.24) is 0 Å². The van der Waals surface area contributed by atoms with Gasteiger partial charge >= 0.3 is 0 Å². The van der Waals surface area contributed by atoms with Gasteiger partial charge in [0.05, 0.1) is 0 Å². The molecule has 0 bridgehead atoms. The fourth-order valence-electron chi connectivity index (χ4n) is 1.08. The monoisotopic (exact) mass is 176 g/mol. The molecule has 0 heterocycles. The molecule has 0 unspecified atom stereocenters. The number of ether oxygens (including phenoxy) is 1. The van der Waals surface area contributed by atoms with Crippen molar-refractivity contribution in [2.75, 3.05) is 6.61 Å². The minimum absolute atomic E-state index is 0.601. The summed E-state index contributed by atoms with van der Waals surface area (Å²) in [4.78, 5) is 0. The minimum atomic E-state index is 0.601.